The summed E-state index contributed by atoms with van der Waals surface area (Å²) in [6.45, 7) is 8.35. The van der Waals surface area contributed by atoms with Crippen LogP contribution in [0.25, 0.3) is 10.2 Å². The van der Waals surface area contributed by atoms with Crippen LogP contribution < -0.4 is 25.6 Å². The number of thiazole rings is 2. The van der Waals surface area contributed by atoms with Gasteiger partial charge in [-0.15, -0.1) is 26.6 Å². The van der Waals surface area contributed by atoms with Crippen molar-refractivity contribution in [1.29, 1.82) is 0 Å². The third-order valence-corrected chi connectivity index (χ3v) is 11.7. The molecule has 0 unspecified atom stereocenters. The van der Waals surface area contributed by atoms with Crippen LogP contribution in [0.4, 0.5) is 26.3 Å². The van der Waals surface area contributed by atoms with Gasteiger partial charge in [-0.2, -0.15) is 0 Å². The number of nitrogens with one attached hydrogen (secondary N) is 3. The highest BCUT2D eigenvalue weighted by atomic mass is 32.1. The lowest BCUT2D eigenvalue weighted by molar-refractivity contribution is -0.121. The molecule has 21 heteroatoms. The molecule has 0 saturated carbocycles. The molecule has 0 fully saturated rings. The zero-order valence-electron chi connectivity index (χ0n) is 37.2. The molecule has 350 valence electrons. The lowest BCUT2D eigenvalue weighted by Crippen LogP contribution is -2.26. The fourth-order valence-electron chi connectivity index (χ4n) is 6.27. The maximum atomic E-state index is 14.8. The number of halogens is 1. The third kappa shape index (κ3) is 15.2. The number of hydrogen-bond acceptors (Lipinski definition) is 17. The Morgan fingerprint density at radius 2 is 1.73 bits per heavy atom. The average molecular weight is 944 g/mol. The van der Waals surface area contributed by atoms with E-state index in [1.54, 1.807) is 30.8 Å². The van der Waals surface area contributed by atoms with Gasteiger partial charge in [0.15, 0.2) is 39.2 Å². The zero-order valence-corrected chi connectivity index (χ0v) is 38.8. The maximum Gasteiger partial charge on any atom is 0.355 e. The Morgan fingerprint density at radius 3 is 2.48 bits per heavy atom. The Bertz CT molecular complexity index is 2530. The molecule has 0 saturated heterocycles. The Labute approximate surface area is 390 Å². The summed E-state index contributed by atoms with van der Waals surface area (Å²) in [5.74, 6) is 5.25. The summed E-state index contributed by atoms with van der Waals surface area (Å²) < 4.78 is 40.0. The maximum absolute atomic E-state index is 14.8. The van der Waals surface area contributed by atoms with Gasteiger partial charge in [0.25, 0.3) is 0 Å². The molecule has 2 aromatic carbocycles. The van der Waals surface area contributed by atoms with Crippen LogP contribution in [0.3, 0.4) is 0 Å². The first kappa shape index (κ1) is 49.3. The summed E-state index contributed by atoms with van der Waals surface area (Å²) in [5, 5.41) is 38.1. The number of nitrogens with zero attached hydrogens (tertiary/aromatic N) is 8. The van der Waals surface area contributed by atoms with E-state index in [4.69, 9.17) is 18.9 Å². The Balaban J connectivity index is 1.05. The second-order valence-electron chi connectivity index (χ2n) is 14.6. The van der Waals surface area contributed by atoms with E-state index >= 15 is 0 Å². The summed E-state index contributed by atoms with van der Waals surface area (Å²) in [6, 6.07) is 14.3. The number of ether oxygens (including phenoxy) is 4. The SMILES string of the molecule is CCC(=O)NCCOCCOCCOCCn1cc(CCCN(c2cc(C)c(Nc3nc4ccccc4s3)nn2)c2nc(C(=O)O)c(CCCOc3ccc(C#CCNC)cc3F)s2)nn1. The van der Waals surface area contributed by atoms with E-state index in [2.05, 4.69) is 58.3 Å². The Morgan fingerprint density at radius 1 is 0.924 bits per heavy atom. The van der Waals surface area contributed by atoms with Crippen molar-refractivity contribution in [3.8, 4) is 17.6 Å². The highest BCUT2D eigenvalue weighted by Crippen LogP contribution is 2.34. The number of hydrogen-bond donors (Lipinski definition) is 4. The minimum Gasteiger partial charge on any atom is -0.491 e. The summed E-state index contributed by atoms with van der Waals surface area (Å²) in [4.78, 5) is 35.5. The number of aromatic carboxylic acids is 1. The van der Waals surface area contributed by atoms with Crippen molar-refractivity contribution in [2.75, 3.05) is 83.1 Å². The van der Waals surface area contributed by atoms with E-state index in [0.717, 1.165) is 21.5 Å². The molecule has 1 amide bonds. The molecule has 6 rings (SSSR count). The van der Waals surface area contributed by atoms with Crippen LogP contribution in [-0.4, -0.2) is 125 Å². The lowest BCUT2D eigenvalue weighted by atomic mass is 10.2. The molecule has 0 bridgehead atoms. The van der Waals surface area contributed by atoms with Gasteiger partial charge < -0.3 is 44.9 Å². The largest absolute Gasteiger partial charge is 0.491 e. The molecule has 18 nitrogen and oxygen atoms in total. The Kier molecular flexibility index (Phi) is 19.5. The van der Waals surface area contributed by atoms with Crippen molar-refractivity contribution < 1.29 is 38.0 Å². The molecule has 4 heterocycles. The number of aromatic nitrogens is 7. The summed E-state index contributed by atoms with van der Waals surface area (Å²) in [7, 11) is 1.78. The molecular weight excluding hydrogens is 890 g/mol. The summed E-state index contributed by atoms with van der Waals surface area (Å²) in [6.07, 6.45) is 4.27. The minimum absolute atomic E-state index is 0.000556. The highest BCUT2D eigenvalue weighted by molar-refractivity contribution is 7.22. The average Bonchev–Trinajstić information content (AvgIpc) is 4.07. The molecular formula is C45H54FN11O7S2. The van der Waals surface area contributed by atoms with E-state index in [1.807, 2.05) is 48.4 Å². The second kappa shape index (κ2) is 26.1. The van der Waals surface area contributed by atoms with Crippen LogP contribution in [0.1, 0.15) is 58.4 Å². The van der Waals surface area contributed by atoms with Crippen molar-refractivity contribution in [2.45, 2.75) is 52.5 Å². The Hall–Kier alpha value is -6.15. The van der Waals surface area contributed by atoms with Crippen LogP contribution in [0, 0.1) is 24.6 Å². The quantitative estimate of drug-likeness (QED) is 0.0330. The van der Waals surface area contributed by atoms with Crippen molar-refractivity contribution >= 4 is 66.7 Å². The predicted molar refractivity (Wildman–Crippen MR) is 251 cm³/mol. The molecule has 4 N–H and O–H groups in total. The molecule has 0 spiro atoms. The number of amides is 1. The van der Waals surface area contributed by atoms with Gasteiger partial charge in [0, 0.05) is 36.1 Å². The third-order valence-electron chi connectivity index (χ3n) is 9.62. The van der Waals surface area contributed by atoms with E-state index in [-0.39, 0.29) is 24.0 Å². The van der Waals surface area contributed by atoms with Crippen molar-refractivity contribution in [2.24, 2.45) is 0 Å². The first-order valence-electron chi connectivity index (χ1n) is 21.6. The van der Waals surface area contributed by atoms with Crippen LogP contribution in [-0.2, 0) is 38.4 Å². The van der Waals surface area contributed by atoms with Gasteiger partial charge in [0.05, 0.1) is 75.2 Å². The van der Waals surface area contributed by atoms with Gasteiger partial charge in [-0.25, -0.2) is 23.8 Å². The molecule has 4 aromatic heterocycles. The number of carbonyl (C=O) groups excluding carboxylic acids is 1. The number of rotatable bonds is 28. The fraction of sp³-hybridized carbons (Fsp3) is 0.422. The van der Waals surface area contributed by atoms with E-state index in [9.17, 15) is 19.1 Å². The highest BCUT2D eigenvalue weighted by Gasteiger charge is 2.24. The zero-order chi connectivity index (χ0) is 46.5. The summed E-state index contributed by atoms with van der Waals surface area (Å²) >= 11 is 2.77. The number of aryl methyl sites for hydroxylation is 3. The number of benzene rings is 2. The van der Waals surface area contributed by atoms with Gasteiger partial charge in [-0.3, -0.25) is 4.79 Å². The smallest absolute Gasteiger partial charge is 0.355 e. The van der Waals surface area contributed by atoms with E-state index in [0.29, 0.717) is 130 Å². The van der Waals surface area contributed by atoms with Gasteiger partial charge in [0.1, 0.15) is 0 Å². The monoisotopic (exact) mass is 943 g/mol. The van der Waals surface area contributed by atoms with Gasteiger partial charge in [0.2, 0.25) is 5.91 Å². The summed E-state index contributed by atoms with van der Waals surface area (Å²) in [5.41, 5.74) is 2.94. The first-order chi connectivity index (χ1) is 32.2. The van der Waals surface area contributed by atoms with Gasteiger partial charge >= 0.3 is 5.97 Å². The number of carboxylic acids is 1. The fourth-order valence-corrected chi connectivity index (χ4v) is 8.26. The van der Waals surface area contributed by atoms with Crippen molar-refractivity contribution in [1.82, 2.24) is 45.8 Å². The number of para-hydroxylation sites is 1. The van der Waals surface area contributed by atoms with Crippen molar-refractivity contribution in [3.05, 3.63) is 87.9 Å². The van der Waals surface area contributed by atoms with Gasteiger partial charge in [-0.1, -0.05) is 47.4 Å². The van der Waals surface area contributed by atoms with E-state index < -0.39 is 11.8 Å². The number of carbonyl (C=O) groups is 2. The normalized spacial score (nSPS) is 11.1. The van der Waals surface area contributed by atoms with Crippen LogP contribution >= 0.6 is 22.7 Å². The van der Waals surface area contributed by atoms with Gasteiger partial charge in [-0.05, 0) is 81.6 Å². The van der Waals surface area contributed by atoms with Crippen LogP contribution in [0.2, 0.25) is 0 Å². The van der Waals surface area contributed by atoms with Crippen LogP contribution in [0.5, 0.6) is 5.75 Å². The molecule has 0 aliphatic heterocycles. The lowest BCUT2D eigenvalue weighted by Gasteiger charge is -2.21. The molecule has 0 aliphatic rings. The number of anilines is 4. The molecule has 66 heavy (non-hydrogen) atoms. The molecule has 0 atom stereocenters. The van der Waals surface area contributed by atoms with E-state index in [1.165, 1.54) is 28.7 Å². The topological polar surface area (TPSA) is 213 Å². The number of fused-ring (bicyclic) bond motifs is 1. The molecule has 0 radical (unpaired) electrons. The second-order valence-corrected chi connectivity index (χ2v) is 16.7. The minimum atomic E-state index is -1.16. The van der Waals surface area contributed by atoms with Crippen LogP contribution in [0.15, 0.2) is 54.7 Å². The standard InChI is InChI=1S/C45H54FN11O7S2/c1-4-40(58)48-18-22-61-24-26-63-27-25-62-23-20-56-30-33(52-55-56)11-8-19-57(39-28-31(2)42(54-53-39)51-44-49-35-12-5-6-13-37(35)65-44)45-50-41(43(59)60)38(66-45)14-9-21-64-36-16-15-32(29-34(36)46)10-7-17-47-3/h5-6,12-13,15-16,28-30,47H,4,8-9,11,14,17-27H2,1-3H3,(H,48,58)(H,59,60)(H,49,51,54). The molecule has 6 aromatic rings. The predicted octanol–water partition coefficient (Wildman–Crippen LogP) is 5.95. The molecule has 0 aliphatic carbocycles. The number of carboxylic acid groups (broad SMARTS) is 1. The van der Waals surface area contributed by atoms with Crippen molar-refractivity contribution in [3.63, 3.8) is 0 Å². The first-order valence-corrected chi connectivity index (χ1v) is 23.3.